The summed E-state index contributed by atoms with van der Waals surface area (Å²) in [5.41, 5.74) is -6.94. The van der Waals surface area contributed by atoms with Crippen LogP contribution in [0.25, 0.3) is 0 Å². The van der Waals surface area contributed by atoms with E-state index in [0.717, 1.165) is 31.2 Å². The molecule has 1 atom stereocenters. The number of nitrogens with zero attached hydrogens (tertiary/aromatic N) is 1. The van der Waals surface area contributed by atoms with Gasteiger partial charge in [-0.2, -0.15) is 26.3 Å². The number of hydrogen-bond acceptors (Lipinski definition) is 6. The molecule has 1 aromatic carbocycles. The number of sulfone groups is 1. The van der Waals surface area contributed by atoms with Gasteiger partial charge in [0.2, 0.25) is 5.91 Å². The number of rotatable bonds is 9. The number of pyridine rings is 1. The molecule has 1 unspecified atom stereocenters. The van der Waals surface area contributed by atoms with E-state index in [-0.39, 0.29) is 34.4 Å². The number of amides is 2. The van der Waals surface area contributed by atoms with Crippen LogP contribution in [0.2, 0.25) is 0 Å². The monoisotopic (exact) mass is 567 g/mol. The molecule has 0 spiro atoms. The lowest BCUT2D eigenvalue weighted by Crippen LogP contribution is -2.53. The van der Waals surface area contributed by atoms with E-state index in [9.17, 15) is 49.5 Å². The third kappa shape index (κ3) is 6.26. The van der Waals surface area contributed by atoms with E-state index >= 15 is 0 Å². The number of carbonyl (C=O) groups is 2. The Morgan fingerprint density at radius 2 is 1.61 bits per heavy atom. The van der Waals surface area contributed by atoms with Gasteiger partial charge in [-0.05, 0) is 43.0 Å². The predicted molar refractivity (Wildman–Crippen MR) is 121 cm³/mol. The third-order valence-electron chi connectivity index (χ3n) is 5.92. The van der Waals surface area contributed by atoms with Crippen LogP contribution in [-0.2, 0) is 25.0 Å². The van der Waals surface area contributed by atoms with Gasteiger partial charge in [-0.25, -0.2) is 8.42 Å². The molecule has 15 heteroatoms. The summed E-state index contributed by atoms with van der Waals surface area (Å²) < 4.78 is 103. The van der Waals surface area contributed by atoms with Crippen LogP contribution in [0.5, 0.6) is 0 Å². The van der Waals surface area contributed by atoms with E-state index in [4.69, 9.17) is 0 Å². The van der Waals surface area contributed by atoms with Gasteiger partial charge in [0.25, 0.3) is 11.5 Å². The van der Waals surface area contributed by atoms with Crippen LogP contribution < -0.4 is 10.6 Å². The maximum absolute atomic E-state index is 13.1. The second-order valence-corrected chi connectivity index (χ2v) is 11.0. The number of anilines is 1. The van der Waals surface area contributed by atoms with Crippen molar-refractivity contribution < 1.29 is 49.5 Å². The fourth-order valence-corrected chi connectivity index (χ4v) is 4.31. The van der Waals surface area contributed by atoms with Crippen LogP contribution in [0, 0.1) is 5.92 Å². The standard InChI is InChI=1S/C23H23F6N3O5S/c1-2-38(36,37)16-9-10-17(30-12-16)19(32-18(33)11-13-3-4-13)20(34)31-15-7-5-14(6-8-15)21(35,22(24,25)26)23(27,28)29/h5-10,12-13,19,35H,2-4,11H2,1H3,(H,31,34)(H,32,33). The number of benzene rings is 1. The number of carbonyl (C=O) groups excluding carboxylic acids is 2. The van der Waals surface area contributed by atoms with Crippen molar-refractivity contribution in [2.24, 2.45) is 5.92 Å². The summed E-state index contributed by atoms with van der Waals surface area (Å²) >= 11 is 0. The molecule has 1 aliphatic carbocycles. The first-order chi connectivity index (χ1) is 17.5. The van der Waals surface area contributed by atoms with Crippen molar-refractivity contribution in [2.75, 3.05) is 11.1 Å². The van der Waals surface area contributed by atoms with E-state index in [2.05, 4.69) is 15.6 Å². The SMILES string of the molecule is CCS(=O)(=O)c1ccc(C(NC(=O)CC2CC2)C(=O)Nc2ccc(C(O)(C(F)(F)F)C(F)(F)F)cc2)nc1. The second-order valence-electron chi connectivity index (χ2n) is 8.74. The predicted octanol–water partition coefficient (Wildman–Crippen LogP) is 3.78. The van der Waals surface area contributed by atoms with Crippen LogP contribution in [0.15, 0.2) is 47.5 Å². The van der Waals surface area contributed by atoms with E-state index < -0.39 is 51.2 Å². The van der Waals surface area contributed by atoms with E-state index in [0.29, 0.717) is 12.1 Å². The minimum atomic E-state index is -6.07. The topological polar surface area (TPSA) is 125 Å². The van der Waals surface area contributed by atoms with Crippen molar-refractivity contribution >= 4 is 27.3 Å². The van der Waals surface area contributed by atoms with Gasteiger partial charge in [0, 0.05) is 23.9 Å². The number of nitrogens with one attached hydrogen (secondary N) is 2. The van der Waals surface area contributed by atoms with Crippen molar-refractivity contribution in [1.82, 2.24) is 10.3 Å². The van der Waals surface area contributed by atoms with Crippen molar-refractivity contribution in [3.8, 4) is 0 Å². The lowest BCUT2D eigenvalue weighted by atomic mass is 9.92. The Kier molecular flexibility index (Phi) is 8.13. The Balaban J connectivity index is 1.86. The number of alkyl halides is 6. The number of aromatic nitrogens is 1. The molecule has 3 rings (SSSR count). The first-order valence-corrected chi connectivity index (χ1v) is 12.9. The molecule has 38 heavy (non-hydrogen) atoms. The fourth-order valence-electron chi connectivity index (χ4n) is 3.49. The van der Waals surface area contributed by atoms with Gasteiger partial charge in [-0.3, -0.25) is 14.6 Å². The van der Waals surface area contributed by atoms with E-state index in [1.54, 1.807) is 0 Å². The van der Waals surface area contributed by atoms with Gasteiger partial charge < -0.3 is 15.7 Å². The highest BCUT2D eigenvalue weighted by atomic mass is 32.2. The van der Waals surface area contributed by atoms with Gasteiger partial charge >= 0.3 is 12.4 Å². The highest BCUT2D eigenvalue weighted by Crippen LogP contribution is 2.50. The summed E-state index contributed by atoms with van der Waals surface area (Å²) in [7, 11) is -3.61. The summed E-state index contributed by atoms with van der Waals surface area (Å²) in [5, 5.41) is 14.2. The molecule has 0 aliphatic heterocycles. The Hall–Kier alpha value is -3.20. The highest BCUT2D eigenvalue weighted by molar-refractivity contribution is 7.91. The fraction of sp³-hybridized carbons (Fsp3) is 0.435. The number of aliphatic hydroxyl groups is 1. The van der Waals surface area contributed by atoms with Crippen LogP contribution in [0.4, 0.5) is 32.0 Å². The molecule has 2 amide bonds. The van der Waals surface area contributed by atoms with E-state index in [1.165, 1.54) is 19.1 Å². The lowest BCUT2D eigenvalue weighted by Gasteiger charge is -2.32. The van der Waals surface area contributed by atoms with Crippen LogP contribution in [0.1, 0.15) is 43.5 Å². The van der Waals surface area contributed by atoms with Crippen molar-refractivity contribution in [1.29, 1.82) is 0 Å². The van der Waals surface area contributed by atoms with Crippen LogP contribution in [-0.4, -0.2) is 48.4 Å². The van der Waals surface area contributed by atoms with Crippen molar-refractivity contribution in [3.05, 3.63) is 53.9 Å². The molecule has 208 valence electrons. The molecular formula is C23H23F6N3O5S. The van der Waals surface area contributed by atoms with E-state index in [1.807, 2.05) is 0 Å². The minimum absolute atomic E-state index is 0.0539. The molecular weight excluding hydrogens is 544 g/mol. The van der Waals surface area contributed by atoms with Crippen LogP contribution in [0.3, 0.4) is 0 Å². The summed E-state index contributed by atoms with van der Waals surface area (Å²) in [6, 6.07) is 3.12. The normalized spacial score (nSPS) is 15.6. The highest BCUT2D eigenvalue weighted by Gasteiger charge is 2.71. The minimum Gasteiger partial charge on any atom is -0.369 e. The number of hydrogen-bond donors (Lipinski definition) is 3. The quantitative estimate of drug-likeness (QED) is 0.396. The Bertz CT molecular complexity index is 1260. The zero-order chi connectivity index (χ0) is 28.5. The first kappa shape index (κ1) is 29.4. The maximum atomic E-state index is 13.1. The van der Waals surface area contributed by atoms with Gasteiger partial charge in [0.1, 0.15) is 0 Å². The van der Waals surface area contributed by atoms with Gasteiger partial charge in [-0.15, -0.1) is 0 Å². The molecule has 8 nitrogen and oxygen atoms in total. The Labute approximate surface area is 213 Å². The van der Waals surface area contributed by atoms with Crippen molar-refractivity contribution in [2.45, 2.75) is 55.1 Å². The molecule has 1 aliphatic rings. The lowest BCUT2D eigenvalue weighted by molar-refractivity contribution is -0.376. The molecule has 3 N–H and O–H groups in total. The molecule has 0 radical (unpaired) electrons. The number of halogens is 6. The summed E-state index contributed by atoms with van der Waals surface area (Å²) in [6.07, 6.45) is -9.35. The van der Waals surface area contributed by atoms with Crippen LogP contribution >= 0.6 is 0 Å². The largest absolute Gasteiger partial charge is 0.430 e. The van der Waals surface area contributed by atoms with Crippen molar-refractivity contribution in [3.63, 3.8) is 0 Å². The first-order valence-electron chi connectivity index (χ1n) is 11.2. The molecule has 1 fully saturated rings. The second kappa shape index (κ2) is 10.5. The smallest absolute Gasteiger partial charge is 0.369 e. The third-order valence-corrected chi connectivity index (χ3v) is 7.64. The molecule has 1 aromatic heterocycles. The zero-order valence-corrected chi connectivity index (χ0v) is 20.5. The summed E-state index contributed by atoms with van der Waals surface area (Å²) in [5.74, 6) is -1.50. The Morgan fingerprint density at radius 3 is 2.05 bits per heavy atom. The summed E-state index contributed by atoms with van der Waals surface area (Å²) in [6.45, 7) is 1.42. The molecule has 0 bridgehead atoms. The maximum Gasteiger partial charge on any atom is 0.430 e. The average Bonchev–Trinajstić information content (AvgIpc) is 3.65. The molecule has 0 saturated heterocycles. The molecule has 2 aromatic rings. The molecule has 1 saturated carbocycles. The van der Waals surface area contributed by atoms with Gasteiger partial charge in [0.15, 0.2) is 15.9 Å². The Morgan fingerprint density at radius 1 is 1.03 bits per heavy atom. The summed E-state index contributed by atoms with van der Waals surface area (Å²) in [4.78, 5) is 29.2. The zero-order valence-electron chi connectivity index (χ0n) is 19.7. The average molecular weight is 568 g/mol. The van der Waals surface area contributed by atoms with Gasteiger partial charge in [-0.1, -0.05) is 19.1 Å². The molecule has 1 heterocycles. The van der Waals surface area contributed by atoms with Gasteiger partial charge in [0.05, 0.1) is 16.3 Å².